The van der Waals surface area contributed by atoms with Gasteiger partial charge >= 0.3 is 11.6 Å². The van der Waals surface area contributed by atoms with Crippen LogP contribution in [0.25, 0.3) is 11.0 Å². The van der Waals surface area contributed by atoms with Crippen molar-refractivity contribution in [3.8, 4) is 0 Å². The van der Waals surface area contributed by atoms with Crippen LogP contribution in [-0.4, -0.2) is 17.6 Å². The Labute approximate surface area is 100 Å². The Morgan fingerprint density at radius 2 is 2.11 bits per heavy atom. The van der Waals surface area contributed by atoms with E-state index in [2.05, 4.69) is 10.5 Å². The summed E-state index contributed by atoms with van der Waals surface area (Å²) in [5, 5.41) is 14.0. The van der Waals surface area contributed by atoms with Crippen molar-refractivity contribution in [2.75, 3.05) is 11.9 Å². The van der Waals surface area contributed by atoms with Crippen molar-refractivity contribution in [1.82, 2.24) is 0 Å². The monoisotopic (exact) mass is 248 g/mol. The van der Waals surface area contributed by atoms with Gasteiger partial charge in [-0.05, 0) is 17.3 Å². The zero-order valence-electron chi connectivity index (χ0n) is 9.04. The predicted octanol–water partition coefficient (Wildman–Crippen LogP) is 1.69. The molecule has 2 rings (SSSR count). The van der Waals surface area contributed by atoms with E-state index in [9.17, 15) is 14.5 Å². The number of anilines is 1. The topological polar surface area (TPSA) is 109 Å². The van der Waals surface area contributed by atoms with E-state index < -0.39 is 18.1 Å². The molecule has 1 aromatic heterocycles. The van der Waals surface area contributed by atoms with E-state index in [-0.39, 0.29) is 17.0 Å². The van der Waals surface area contributed by atoms with Crippen molar-refractivity contribution in [3.63, 3.8) is 0 Å². The third kappa shape index (κ3) is 2.05. The molecule has 7 heteroatoms. The number of aliphatic carboxylic acids is 1. The normalized spacial score (nSPS) is 10.2. The second-order valence-electron chi connectivity index (χ2n) is 3.45. The first-order chi connectivity index (χ1) is 8.63. The van der Waals surface area contributed by atoms with Crippen molar-refractivity contribution in [1.29, 1.82) is 0 Å². The largest absolute Gasteiger partial charge is 0.480 e. The number of benzene rings is 1. The summed E-state index contributed by atoms with van der Waals surface area (Å²) in [6.45, 7) is -0.508. The summed E-state index contributed by atoms with van der Waals surface area (Å²) in [6, 6.07) is 6.37. The number of nitroso groups, excluding NO2 is 1. The summed E-state index contributed by atoms with van der Waals surface area (Å²) < 4.78 is 4.96. The van der Waals surface area contributed by atoms with E-state index in [0.717, 1.165) is 0 Å². The fraction of sp³-hybridized carbons (Fsp3) is 0.0909. The highest BCUT2D eigenvalue weighted by molar-refractivity contribution is 5.94. The van der Waals surface area contributed by atoms with Crippen LogP contribution in [0.5, 0.6) is 0 Å². The summed E-state index contributed by atoms with van der Waals surface area (Å²) in [5.74, 6) is -1.17. The van der Waals surface area contributed by atoms with Gasteiger partial charge in [-0.15, -0.1) is 4.91 Å². The maximum Gasteiger partial charge on any atom is 0.362 e. The summed E-state index contributed by atoms with van der Waals surface area (Å²) in [6.07, 6.45) is 0. The fourth-order valence-electron chi connectivity index (χ4n) is 1.55. The molecule has 0 atom stereocenters. The summed E-state index contributed by atoms with van der Waals surface area (Å²) in [4.78, 5) is 32.9. The standard InChI is InChI=1S/C11H8N2O5/c14-8(15)5-12-10-9(13-17)6-3-1-2-4-7(6)18-11(10)16/h1-4,12H,5H2,(H,14,15). The number of nitrogens with one attached hydrogen (secondary N) is 1. The molecule has 2 aromatic rings. The van der Waals surface area contributed by atoms with Crippen LogP contribution in [0.15, 0.2) is 38.7 Å². The van der Waals surface area contributed by atoms with Crippen LogP contribution in [0.2, 0.25) is 0 Å². The van der Waals surface area contributed by atoms with Crippen LogP contribution in [0.1, 0.15) is 0 Å². The number of rotatable bonds is 4. The molecule has 92 valence electrons. The number of carbonyl (C=O) groups is 1. The van der Waals surface area contributed by atoms with E-state index in [1.54, 1.807) is 18.2 Å². The minimum absolute atomic E-state index is 0.150. The van der Waals surface area contributed by atoms with Crippen LogP contribution in [0, 0.1) is 4.91 Å². The number of hydrogen-bond donors (Lipinski definition) is 2. The molecule has 0 aliphatic rings. The summed E-state index contributed by atoms with van der Waals surface area (Å²) >= 11 is 0. The molecule has 0 unspecified atom stereocenters. The number of carboxylic acids is 1. The smallest absolute Gasteiger partial charge is 0.362 e. The first-order valence-corrected chi connectivity index (χ1v) is 4.98. The Bertz CT molecular complexity index is 677. The molecular formula is C11H8N2O5. The highest BCUT2D eigenvalue weighted by Crippen LogP contribution is 2.30. The maximum absolute atomic E-state index is 11.6. The quantitative estimate of drug-likeness (QED) is 0.629. The van der Waals surface area contributed by atoms with Crippen LogP contribution < -0.4 is 10.9 Å². The minimum atomic E-state index is -1.17. The van der Waals surface area contributed by atoms with Crippen LogP contribution in [0.4, 0.5) is 11.4 Å². The van der Waals surface area contributed by atoms with Crippen LogP contribution >= 0.6 is 0 Å². The predicted molar refractivity (Wildman–Crippen MR) is 64.1 cm³/mol. The van der Waals surface area contributed by atoms with Crippen LogP contribution in [-0.2, 0) is 4.79 Å². The summed E-state index contributed by atoms with van der Waals surface area (Å²) in [5.41, 5.74) is -1.00. The number of carboxylic acid groups (broad SMARTS) is 1. The highest BCUT2D eigenvalue weighted by Gasteiger charge is 2.15. The van der Waals surface area contributed by atoms with Crippen molar-refractivity contribution in [2.24, 2.45) is 5.18 Å². The second-order valence-corrected chi connectivity index (χ2v) is 3.45. The Balaban J connectivity index is 2.64. The minimum Gasteiger partial charge on any atom is -0.480 e. The molecule has 0 aliphatic carbocycles. The number of para-hydroxylation sites is 1. The fourth-order valence-corrected chi connectivity index (χ4v) is 1.55. The Hall–Kier alpha value is -2.70. The molecule has 0 radical (unpaired) electrons. The molecule has 2 N–H and O–H groups in total. The molecule has 0 aliphatic heterocycles. The molecule has 0 saturated heterocycles. The zero-order chi connectivity index (χ0) is 13.1. The maximum atomic E-state index is 11.6. The highest BCUT2D eigenvalue weighted by atomic mass is 16.4. The average molecular weight is 248 g/mol. The van der Waals surface area contributed by atoms with Gasteiger partial charge in [-0.3, -0.25) is 4.79 Å². The number of fused-ring (bicyclic) bond motifs is 1. The molecular weight excluding hydrogens is 240 g/mol. The molecule has 7 nitrogen and oxygen atoms in total. The third-order valence-corrected chi connectivity index (χ3v) is 2.29. The number of hydrogen-bond acceptors (Lipinski definition) is 6. The first kappa shape index (κ1) is 11.8. The van der Waals surface area contributed by atoms with Gasteiger partial charge in [0.25, 0.3) is 0 Å². The molecule has 0 bridgehead atoms. The van der Waals surface area contributed by atoms with E-state index in [1.165, 1.54) is 6.07 Å². The zero-order valence-corrected chi connectivity index (χ0v) is 9.04. The van der Waals surface area contributed by atoms with E-state index in [4.69, 9.17) is 9.52 Å². The first-order valence-electron chi connectivity index (χ1n) is 4.98. The second kappa shape index (κ2) is 4.66. The number of nitrogens with zero attached hydrogens (tertiary/aromatic N) is 1. The van der Waals surface area contributed by atoms with Gasteiger partial charge in [0.15, 0.2) is 5.69 Å². The Kier molecular flexibility index (Phi) is 3.05. The van der Waals surface area contributed by atoms with Gasteiger partial charge in [0.05, 0.1) is 0 Å². The van der Waals surface area contributed by atoms with Crippen molar-refractivity contribution < 1.29 is 14.3 Å². The lowest BCUT2D eigenvalue weighted by atomic mass is 10.2. The van der Waals surface area contributed by atoms with Crippen molar-refractivity contribution >= 4 is 28.3 Å². The SMILES string of the molecule is O=Nc1c(NCC(=O)O)c(=O)oc2ccccc12. The lowest BCUT2D eigenvalue weighted by Gasteiger charge is -2.06. The van der Waals surface area contributed by atoms with Gasteiger partial charge < -0.3 is 14.8 Å². The Morgan fingerprint density at radius 3 is 2.78 bits per heavy atom. The van der Waals surface area contributed by atoms with Gasteiger partial charge in [0, 0.05) is 5.39 Å². The van der Waals surface area contributed by atoms with Gasteiger partial charge in [0.2, 0.25) is 0 Å². The molecule has 0 spiro atoms. The third-order valence-electron chi connectivity index (χ3n) is 2.29. The molecule has 0 saturated carbocycles. The average Bonchev–Trinajstić information content (AvgIpc) is 2.35. The van der Waals surface area contributed by atoms with Crippen molar-refractivity contribution in [3.05, 3.63) is 39.6 Å². The lowest BCUT2D eigenvalue weighted by molar-refractivity contribution is -0.134. The Morgan fingerprint density at radius 1 is 1.39 bits per heavy atom. The van der Waals surface area contributed by atoms with E-state index in [1.807, 2.05) is 0 Å². The molecule has 0 fully saturated rings. The van der Waals surface area contributed by atoms with Gasteiger partial charge in [-0.2, -0.15) is 0 Å². The van der Waals surface area contributed by atoms with Gasteiger partial charge in [-0.25, -0.2) is 4.79 Å². The van der Waals surface area contributed by atoms with Crippen molar-refractivity contribution in [2.45, 2.75) is 0 Å². The molecule has 1 aromatic carbocycles. The molecule has 0 amide bonds. The molecule has 18 heavy (non-hydrogen) atoms. The van der Waals surface area contributed by atoms with Gasteiger partial charge in [-0.1, -0.05) is 12.1 Å². The van der Waals surface area contributed by atoms with Crippen LogP contribution in [0.3, 0.4) is 0 Å². The van der Waals surface area contributed by atoms with E-state index in [0.29, 0.717) is 5.39 Å². The summed E-state index contributed by atoms with van der Waals surface area (Å²) in [7, 11) is 0. The molecule has 1 heterocycles. The van der Waals surface area contributed by atoms with E-state index >= 15 is 0 Å². The lowest BCUT2D eigenvalue weighted by Crippen LogP contribution is -2.17. The van der Waals surface area contributed by atoms with Gasteiger partial charge in [0.1, 0.15) is 17.8 Å².